The van der Waals surface area contributed by atoms with Crippen LogP contribution in [0.5, 0.6) is 0 Å². The summed E-state index contributed by atoms with van der Waals surface area (Å²) in [5.41, 5.74) is 12.2. The number of nitrogens with zero attached hydrogens (tertiary/aromatic N) is 1. The summed E-state index contributed by atoms with van der Waals surface area (Å²) in [6.07, 6.45) is 0. The number of anilines is 3. The average Bonchev–Trinajstić information content (AvgIpc) is 3.18. The van der Waals surface area contributed by atoms with E-state index in [1.165, 1.54) is 98.5 Å². The van der Waals surface area contributed by atoms with Gasteiger partial charge in [-0.25, -0.2) is 0 Å². The highest BCUT2D eigenvalue weighted by molar-refractivity contribution is 6.26. The first kappa shape index (κ1) is 30.4. The molecule has 0 saturated heterocycles. The number of hydrogen-bond donors (Lipinski definition) is 0. The maximum absolute atomic E-state index is 2.44. The lowest BCUT2D eigenvalue weighted by Gasteiger charge is -2.30. The van der Waals surface area contributed by atoms with Gasteiger partial charge in [-0.15, -0.1) is 0 Å². The molecule has 10 rings (SSSR count). The predicted octanol–water partition coefficient (Wildman–Crippen LogP) is 14.6. The molecular formula is C51H37N. The van der Waals surface area contributed by atoms with E-state index in [0.29, 0.717) is 0 Å². The van der Waals surface area contributed by atoms with Gasteiger partial charge in [-0.3, -0.25) is 0 Å². The van der Waals surface area contributed by atoms with Crippen LogP contribution in [0.25, 0.3) is 76.1 Å². The lowest BCUT2D eigenvalue weighted by molar-refractivity contribution is 1.29. The molecule has 0 bridgehead atoms. The normalized spacial score (nSPS) is 11.8. The lowest BCUT2D eigenvalue weighted by Crippen LogP contribution is -2.11. The lowest BCUT2D eigenvalue weighted by atomic mass is 9.86. The monoisotopic (exact) mass is 663 g/mol. The molecule has 0 aromatic heterocycles. The highest BCUT2D eigenvalue weighted by atomic mass is 15.1. The minimum atomic E-state index is 1.14. The zero-order chi connectivity index (χ0) is 34.9. The largest absolute Gasteiger partial charge is 0.309 e. The third kappa shape index (κ3) is 4.77. The Bertz CT molecular complexity index is 2850. The molecule has 0 N–H and O–H groups in total. The van der Waals surface area contributed by atoms with Gasteiger partial charge in [-0.05, 0) is 122 Å². The Morgan fingerprint density at radius 3 is 1.44 bits per heavy atom. The van der Waals surface area contributed by atoms with Gasteiger partial charge < -0.3 is 4.90 Å². The standard InChI is InChI=1S/C51H37N/c1-32-15-23-40(24-16-32)52(41-25-17-33(2)18-26-41)51-46-13-6-4-11-43(46)49(44-12-5-7-14-47(44)51)39-30-34(3)29-38(31-39)42-27-21-37-20-19-35-9-8-10-36-22-28-45(42)50(37)48(35)36/h4-31H,1-3H3. The summed E-state index contributed by atoms with van der Waals surface area (Å²) in [5.74, 6) is 0. The summed E-state index contributed by atoms with van der Waals surface area (Å²) in [4.78, 5) is 2.44. The van der Waals surface area contributed by atoms with Crippen LogP contribution in [-0.2, 0) is 0 Å². The van der Waals surface area contributed by atoms with Crippen molar-refractivity contribution in [1.82, 2.24) is 0 Å². The average molecular weight is 664 g/mol. The molecule has 10 aromatic rings. The molecule has 0 unspecified atom stereocenters. The molecule has 52 heavy (non-hydrogen) atoms. The topological polar surface area (TPSA) is 3.24 Å². The smallest absolute Gasteiger partial charge is 0.0618 e. The van der Waals surface area contributed by atoms with Gasteiger partial charge in [-0.2, -0.15) is 0 Å². The van der Waals surface area contributed by atoms with Crippen molar-refractivity contribution in [3.63, 3.8) is 0 Å². The van der Waals surface area contributed by atoms with Gasteiger partial charge >= 0.3 is 0 Å². The molecule has 0 heterocycles. The zero-order valence-electron chi connectivity index (χ0n) is 29.6. The highest BCUT2D eigenvalue weighted by Crippen LogP contribution is 2.49. The van der Waals surface area contributed by atoms with Gasteiger partial charge in [0.2, 0.25) is 0 Å². The third-order valence-corrected chi connectivity index (χ3v) is 10.9. The summed E-state index contributed by atoms with van der Waals surface area (Å²) in [6, 6.07) is 63.3. The van der Waals surface area contributed by atoms with Crippen molar-refractivity contribution in [1.29, 1.82) is 0 Å². The van der Waals surface area contributed by atoms with Crippen molar-refractivity contribution in [2.24, 2.45) is 0 Å². The molecule has 0 fully saturated rings. The van der Waals surface area contributed by atoms with Crippen LogP contribution in [0, 0.1) is 20.8 Å². The van der Waals surface area contributed by atoms with Crippen LogP contribution in [0.1, 0.15) is 16.7 Å². The summed E-state index contributed by atoms with van der Waals surface area (Å²) in [5, 5.41) is 12.8. The van der Waals surface area contributed by atoms with E-state index in [2.05, 4.69) is 196 Å². The molecule has 0 amide bonds. The molecule has 0 aliphatic heterocycles. The minimum Gasteiger partial charge on any atom is -0.309 e. The molecule has 0 aliphatic carbocycles. The molecule has 1 nitrogen and oxygen atoms in total. The molecular weight excluding hydrogens is 627 g/mol. The fourth-order valence-electron chi connectivity index (χ4n) is 8.52. The zero-order valence-corrected chi connectivity index (χ0v) is 29.6. The van der Waals surface area contributed by atoms with Gasteiger partial charge in [0.05, 0.1) is 5.69 Å². The number of aryl methyl sites for hydroxylation is 3. The number of hydrogen-bond acceptors (Lipinski definition) is 1. The summed E-state index contributed by atoms with van der Waals surface area (Å²) in [6.45, 7) is 6.54. The molecule has 0 spiro atoms. The van der Waals surface area contributed by atoms with Crippen LogP contribution in [0.3, 0.4) is 0 Å². The Hall–Kier alpha value is -6.44. The van der Waals surface area contributed by atoms with Gasteiger partial charge in [-0.1, -0.05) is 151 Å². The van der Waals surface area contributed by atoms with E-state index in [1.807, 2.05) is 0 Å². The van der Waals surface area contributed by atoms with Crippen molar-refractivity contribution in [2.45, 2.75) is 20.8 Å². The SMILES string of the molecule is Cc1ccc(N(c2ccc(C)cc2)c2c3ccccc3c(-c3cc(C)cc(-c4ccc5ccc6cccc7ccc4c5c67)c3)c3ccccc23)cc1. The quantitative estimate of drug-likeness (QED) is 0.131. The maximum Gasteiger partial charge on any atom is 0.0618 e. The van der Waals surface area contributed by atoms with Crippen molar-refractivity contribution in [2.75, 3.05) is 4.90 Å². The second kappa shape index (κ2) is 11.8. The van der Waals surface area contributed by atoms with Crippen LogP contribution in [-0.4, -0.2) is 0 Å². The number of fused-ring (bicyclic) bond motifs is 2. The van der Waals surface area contributed by atoms with E-state index >= 15 is 0 Å². The Balaban J connectivity index is 1.25. The second-order valence-electron chi connectivity index (χ2n) is 14.4. The molecule has 246 valence electrons. The van der Waals surface area contributed by atoms with Gasteiger partial charge in [0.15, 0.2) is 0 Å². The van der Waals surface area contributed by atoms with Crippen LogP contribution < -0.4 is 4.90 Å². The summed E-state index contributed by atoms with van der Waals surface area (Å²) in [7, 11) is 0. The molecule has 0 saturated carbocycles. The van der Waals surface area contributed by atoms with Gasteiger partial charge in [0.1, 0.15) is 0 Å². The summed E-state index contributed by atoms with van der Waals surface area (Å²) >= 11 is 0. The van der Waals surface area contributed by atoms with Crippen LogP contribution in [0.4, 0.5) is 17.1 Å². The molecule has 1 heteroatoms. The number of benzene rings is 10. The number of rotatable bonds is 5. The maximum atomic E-state index is 2.44. The van der Waals surface area contributed by atoms with E-state index in [4.69, 9.17) is 0 Å². The van der Waals surface area contributed by atoms with Crippen molar-refractivity contribution in [3.8, 4) is 22.3 Å². The van der Waals surface area contributed by atoms with Gasteiger partial charge in [0, 0.05) is 22.1 Å². The third-order valence-electron chi connectivity index (χ3n) is 10.9. The van der Waals surface area contributed by atoms with E-state index in [0.717, 1.165) is 11.4 Å². The van der Waals surface area contributed by atoms with Crippen molar-refractivity contribution >= 4 is 70.9 Å². The fraction of sp³-hybridized carbons (Fsp3) is 0.0588. The van der Waals surface area contributed by atoms with E-state index in [-0.39, 0.29) is 0 Å². The first-order chi connectivity index (χ1) is 25.5. The van der Waals surface area contributed by atoms with E-state index < -0.39 is 0 Å². The Labute approximate surface area is 304 Å². The fourth-order valence-corrected chi connectivity index (χ4v) is 8.52. The Kier molecular flexibility index (Phi) is 6.91. The first-order valence-corrected chi connectivity index (χ1v) is 18.2. The highest BCUT2D eigenvalue weighted by Gasteiger charge is 2.23. The minimum absolute atomic E-state index is 1.14. The van der Waals surface area contributed by atoms with Crippen molar-refractivity contribution in [3.05, 3.63) is 187 Å². The molecule has 10 aromatic carbocycles. The second-order valence-corrected chi connectivity index (χ2v) is 14.4. The van der Waals surface area contributed by atoms with Gasteiger partial charge in [0.25, 0.3) is 0 Å². The molecule has 0 atom stereocenters. The predicted molar refractivity (Wildman–Crippen MR) is 225 cm³/mol. The Morgan fingerprint density at radius 2 is 0.846 bits per heavy atom. The van der Waals surface area contributed by atoms with Crippen LogP contribution in [0.2, 0.25) is 0 Å². The molecule has 0 aliphatic rings. The van der Waals surface area contributed by atoms with Crippen molar-refractivity contribution < 1.29 is 0 Å². The van der Waals surface area contributed by atoms with Crippen LogP contribution >= 0.6 is 0 Å². The van der Waals surface area contributed by atoms with Crippen LogP contribution in [0.15, 0.2) is 170 Å². The van der Waals surface area contributed by atoms with E-state index in [1.54, 1.807) is 0 Å². The first-order valence-electron chi connectivity index (χ1n) is 18.2. The molecule has 0 radical (unpaired) electrons. The summed E-state index contributed by atoms with van der Waals surface area (Å²) < 4.78 is 0. The Morgan fingerprint density at radius 1 is 0.346 bits per heavy atom. The van der Waals surface area contributed by atoms with E-state index in [9.17, 15) is 0 Å².